The molecule has 1 amide bonds. The molecule has 0 aromatic carbocycles. The van der Waals surface area contributed by atoms with Crippen molar-refractivity contribution in [2.45, 2.75) is 33.5 Å². The van der Waals surface area contributed by atoms with Crippen LogP contribution in [0.15, 0.2) is 12.5 Å². The minimum atomic E-state index is -1.64. The zero-order chi connectivity index (χ0) is 10.6. The Hall–Kier alpha value is -0.773. The maximum atomic E-state index is 11.1. The maximum absolute atomic E-state index is 11.1. The number of carbonyl (C=O) groups is 1. The molecule has 3 nitrogen and oxygen atoms in total. The van der Waals surface area contributed by atoms with Crippen LogP contribution < -0.4 is 0 Å². The maximum Gasteiger partial charge on any atom is 0.244 e. The standard InChI is InChI=1S/C9H19NO2Si/c1-7-10(8(2)11)9(3)12-13(4,5)6/h3,7H2,1-2,4-6H3. The van der Waals surface area contributed by atoms with E-state index in [1.165, 1.54) is 11.8 Å². The van der Waals surface area contributed by atoms with Crippen molar-refractivity contribution in [3.63, 3.8) is 0 Å². The first-order valence-corrected chi connectivity index (χ1v) is 7.84. The van der Waals surface area contributed by atoms with Crippen LogP contribution in [0.1, 0.15) is 13.8 Å². The van der Waals surface area contributed by atoms with Gasteiger partial charge in [-0.1, -0.05) is 0 Å². The van der Waals surface area contributed by atoms with E-state index >= 15 is 0 Å². The lowest BCUT2D eigenvalue weighted by molar-refractivity contribution is -0.128. The number of nitrogens with zero attached hydrogens (tertiary/aromatic N) is 1. The molecule has 0 N–H and O–H groups in total. The molecular formula is C9H19NO2Si. The second-order valence-electron chi connectivity index (χ2n) is 3.87. The zero-order valence-electron chi connectivity index (χ0n) is 9.18. The largest absolute Gasteiger partial charge is 0.533 e. The summed E-state index contributed by atoms with van der Waals surface area (Å²) in [6, 6.07) is 0. The molecule has 0 aromatic heterocycles. The highest BCUT2D eigenvalue weighted by molar-refractivity contribution is 6.70. The summed E-state index contributed by atoms with van der Waals surface area (Å²) in [6.45, 7) is 14.0. The van der Waals surface area contributed by atoms with E-state index in [1.54, 1.807) is 0 Å². The van der Waals surface area contributed by atoms with Gasteiger partial charge in [-0.05, 0) is 33.1 Å². The van der Waals surface area contributed by atoms with Crippen LogP contribution >= 0.6 is 0 Å². The van der Waals surface area contributed by atoms with Crippen LogP contribution in [0.3, 0.4) is 0 Å². The van der Waals surface area contributed by atoms with Crippen molar-refractivity contribution >= 4 is 14.2 Å². The second-order valence-corrected chi connectivity index (χ2v) is 8.30. The molecule has 0 saturated heterocycles. The number of carbonyl (C=O) groups excluding carboxylic acids is 1. The molecule has 0 aliphatic rings. The molecule has 0 spiro atoms. The summed E-state index contributed by atoms with van der Waals surface area (Å²) in [6.07, 6.45) is 0. The fourth-order valence-electron chi connectivity index (χ4n) is 0.983. The molecule has 0 atom stereocenters. The average Bonchev–Trinajstić information content (AvgIpc) is 1.82. The fourth-order valence-corrected chi connectivity index (χ4v) is 1.80. The molecule has 0 saturated carbocycles. The SMILES string of the molecule is C=C(O[Si](C)(C)C)N(CC)C(C)=O. The molecule has 0 fully saturated rings. The summed E-state index contributed by atoms with van der Waals surface area (Å²) in [5.74, 6) is 0.458. The molecule has 0 aliphatic carbocycles. The predicted molar refractivity (Wildman–Crippen MR) is 56.6 cm³/mol. The van der Waals surface area contributed by atoms with E-state index in [0.29, 0.717) is 12.4 Å². The smallest absolute Gasteiger partial charge is 0.244 e. The van der Waals surface area contributed by atoms with Crippen molar-refractivity contribution in [3.05, 3.63) is 12.5 Å². The van der Waals surface area contributed by atoms with Crippen LogP contribution in [0, 0.1) is 0 Å². The monoisotopic (exact) mass is 201 g/mol. The quantitative estimate of drug-likeness (QED) is 0.515. The Balaban J connectivity index is 4.32. The van der Waals surface area contributed by atoms with Gasteiger partial charge in [-0.15, -0.1) is 0 Å². The Morgan fingerprint density at radius 1 is 1.46 bits per heavy atom. The summed E-state index contributed by atoms with van der Waals surface area (Å²) in [4.78, 5) is 12.6. The third kappa shape index (κ3) is 4.72. The van der Waals surface area contributed by atoms with Crippen molar-refractivity contribution in [2.75, 3.05) is 6.54 Å². The first-order chi connectivity index (χ1) is 5.78. The third-order valence-corrected chi connectivity index (χ3v) is 2.27. The van der Waals surface area contributed by atoms with Crippen LogP contribution in [0.2, 0.25) is 19.6 Å². The molecular weight excluding hydrogens is 182 g/mol. The van der Waals surface area contributed by atoms with Crippen molar-refractivity contribution < 1.29 is 9.22 Å². The van der Waals surface area contributed by atoms with Gasteiger partial charge in [0.2, 0.25) is 14.2 Å². The van der Waals surface area contributed by atoms with E-state index in [9.17, 15) is 4.79 Å². The van der Waals surface area contributed by atoms with Gasteiger partial charge in [-0.3, -0.25) is 9.69 Å². The van der Waals surface area contributed by atoms with Crippen LogP contribution in [-0.2, 0) is 9.22 Å². The van der Waals surface area contributed by atoms with Crippen molar-refractivity contribution in [1.29, 1.82) is 0 Å². The molecule has 76 valence electrons. The molecule has 0 unspecified atom stereocenters. The van der Waals surface area contributed by atoms with Gasteiger partial charge < -0.3 is 4.43 Å². The van der Waals surface area contributed by atoms with Crippen LogP contribution in [0.5, 0.6) is 0 Å². The van der Waals surface area contributed by atoms with E-state index < -0.39 is 8.32 Å². The summed E-state index contributed by atoms with van der Waals surface area (Å²) >= 11 is 0. The lowest BCUT2D eigenvalue weighted by Gasteiger charge is -2.27. The molecule has 0 heterocycles. The zero-order valence-corrected chi connectivity index (χ0v) is 10.2. The number of hydrogen-bond donors (Lipinski definition) is 0. The summed E-state index contributed by atoms with van der Waals surface area (Å²) in [5.41, 5.74) is 0. The average molecular weight is 201 g/mol. The second kappa shape index (κ2) is 4.46. The molecule has 13 heavy (non-hydrogen) atoms. The topological polar surface area (TPSA) is 29.5 Å². The Morgan fingerprint density at radius 2 is 1.92 bits per heavy atom. The van der Waals surface area contributed by atoms with Crippen molar-refractivity contribution in [1.82, 2.24) is 4.90 Å². The fraction of sp³-hybridized carbons (Fsp3) is 0.667. The molecule has 0 rings (SSSR count). The molecule has 0 aromatic rings. The third-order valence-electron chi connectivity index (χ3n) is 1.42. The first kappa shape index (κ1) is 12.2. The van der Waals surface area contributed by atoms with E-state index in [-0.39, 0.29) is 5.91 Å². The number of amides is 1. The van der Waals surface area contributed by atoms with Crippen LogP contribution in [-0.4, -0.2) is 25.7 Å². The minimum Gasteiger partial charge on any atom is -0.533 e. The molecule has 0 bridgehead atoms. The van der Waals surface area contributed by atoms with Crippen molar-refractivity contribution in [3.8, 4) is 0 Å². The van der Waals surface area contributed by atoms with Gasteiger partial charge in [0.05, 0.1) is 0 Å². The minimum absolute atomic E-state index is 0.0225. The van der Waals surface area contributed by atoms with Crippen LogP contribution in [0.25, 0.3) is 0 Å². The molecule has 0 aliphatic heterocycles. The van der Waals surface area contributed by atoms with Gasteiger partial charge in [-0.2, -0.15) is 0 Å². The molecule has 0 radical (unpaired) electrons. The van der Waals surface area contributed by atoms with Gasteiger partial charge >= 0.3 is 0 Å². The van der Waals surface area contributed by atoms with Crippen LogP contribution in [0.4, 0.5) is 0 Å². The van der Waals surface area contributed by atoms with E-state index in [1.807, 2.05) is 6.92 Å². The lowest BCUT2D eigenvalue weighted by atomic mass is 10.5. The molecule has 4 heteroatoms. The van der Waals surface area contributed by atoms with Gasteiger partial charge in [0, 0.05) is 13.5 Å². The Labute approximate surface area is 81.5 Å². The highest BCUT2D eigenvalue weighted by atomic mass is 28.4. The van der Waals surface area contributed by atoms with E-state index in [4.69, 9.17) is 4.43 Å². The normalized spacial score (nSPS) is 10.8. The summed E-state index contributed by atoms with van der Waals surface area (Å²) in [7, 11) is -1.64. The number of rotatable bonds is 4. The highest BCUT2D eigenvalue weighted by Gasteiger charge is 2.20. The van der Waals surface area contributed by atoms with Gasteiger partial charge in [0.1, 0.15) is 0 Å². The Morgan fingerprint density at radius 3 is 2.15 bits per heavy atom. The van der Waals surface area contributed by atoms with Gasteiger partial charge in [0.25, 0.3) is 0 Å². The van der Waals surface area contributed by atoms with Gasteiger partial charge in [0.15, 0.2) is 5.88 Å². The van der Waals surface area contributed by atoms with E-state index in [0.717, 1.165) is 0 Å². The van der Waals surface area contributed by atoms with E-state index in [2.05, 4.69) is 26.2 Å². The Kier molecular flexibility index (Phi) is 4.19. The van der Waals surface area contributed by atoms with Gasteiger partial charge in [-0.25, -0.2) is 0 Å². The predicted octanol–water partition coefficient (Wildman–Crippen LogP) is 2.18. The first-order valence-electron chi connectivity index (χ1n) is 4.44. The number of hydrogen-bond acceptors (Lipinski definition) is 2. The summed E-state index contributed by atoms with van der Waals surface area (Å²) in [5, 5.41) is 0. The highest BCUT2D eigenvalue weighted by Crippen LogP contribution is 2.12. The van der Waals surface area contributed by atoms with Crippen molar-refractivity contribution in [2.24, 2.45) is 0 Å². The lowest BCUT2D eigenvalue weighted by Crippen LogP contribution is -2.34. The Bertz CT molecular complexity index is 208. The summed E-state index contributed by atoms with van der Waals surface area (Å²) < 4.78 is 5.60.